The molecule has 4 nitrogen and oxygen atoms in total. The third-order valence-corrected chi connectivity index (χ3v) is 6.56. The summed E-state index contributed by atoms with van der Waals surface area (Å²) in [5.41, 5.74) is 0. The summed E-state index contributed by atoms with van der Waals surface area (Å²) >= 11 is 3.72. The van der Waals surface area contributed by atoms with Crippen LogP contribution in [0.15, 0.2) is 57.7 Å². The number of guanidine groups is 1. The quantitative estimate of drug-likeness (QED) is 0.445. The second-order valence-corrected chi connectivity index (χ2v) is 8.99. The van der Waals surface area contributed by atoms with Crippen LogP contribution in [0.25, 0.3) is 0 Å². The zero-order valence-electron chi connectivity index (χ0n) is 15.5. The first-order chi connectivity index (χ1) is 12.7. The number of anilines is 1. The van der Waals surface area contributed by atoms with Crippen LogP contribution in [0.2, 0.25) is 0 Å². The van der Waals surface area contributed by atoms with Gasteiger partial charge in [0.2, 0.25) is 0 Å². The summed E-state index contributed by atoms with van der Waals surface area (Å²) in [7, 11) is 1.85. The second-order valence-electron chi connectivity index (χ2n) is 6.55. The maximum Gasteiger partial charge on any atom is 0.191 e. The number of hydrogen-bond acceptors (Lipinski definition) is 4. The van der Waals surface area contributed by atoms with E-state index < -0.39 is 0 Å². The van der Waals surface area contributed by atoms with E-state index in [2.05, 4.69) is 75.3 Å². The van der Waals surface area contributed by atoms with Gasteiger partial charge in [-0.1, -0.05) is 25.1 Å². The van der Waals surface area contributed by atoms with Gasteiger partial charge in [-0.2, -0.15) is 0 Å². The van der Waals surface area contributed by atoms with Crippen molar-refractivity contribution >= 4 is 34.1 Å². The molecule has 1 fully saturated rings. The molecule has 140 valence electrons. The first kappa shape index (κ1) is 19.1. The van der Waals surface area contributed by atoms with Gasteiger partial charge in [-0.05, 0) is 42.5 Å². The first-order valence-corrected chi connectivity index (χ1v) is 11.0. The van der Waals surface area contributed by atoms with Gasteiger partial charge in [0.1, 0.15) is 0 Å². The topological polar surface area (TPSA) is 39.7 Å². The van der Waals surface area contributed by atoms with E-state index >= 15 is 0 Å². The highest BCUT2D eigenvalue weighted by Gasteiger charge is 2.20. The number of aliphatic imine (C=N–C) groups is 1. The molecule has 0 bridgehead atoms. The van der Waals surface area contributed by atoms with Gasteiger partial charge in [0.15, 0.2) is 5.96 Å². The van der Waals surface area contributed by atoms with E-state index in [0.29, 0.717) is 11.3 Å². The zero-order valence-corrected chi connectivity index (χ0v) is 17.2. The molecular formula is C20H28N4S2. The van der Waals surface area contributed by atoms with Crippen molar-refractivity contribution in [3.05, 3.63) is 47.8 Å². The van der Waals surface area contributed by atoms with Crippen molar-refractivity contribution in [2.24, 2.45) is 4.99 Å². The van der Waals surface area contributed by atoms with Crippen molar-refractivity contribution < 1.29 is 0 Å². The number of nitrogens with one attached hydrogen (secondary N) is 2. The number of rotatable bonds is 6. The van der Waals surface area contributed by atoms with Crippen molar-refractivity contribution in [2.75, 3.05) is 31.6 Å². The van der Waals surface area contributed by atoms with Crippen LogP contribution < -0.4 is 15.5 Å². The van der Waals surface area contributed by atoms with Gasteiger partial charge in [-0.15, -0.1) is 23.1 Å². The lowest BCUT2D eigenvalue weighted by Crippen LogP contribution is -2.49. The van der Waals surface area contributed by atoms with E-state index in [-0.39, 0.29) is 0 Å². The van der Waals surface area contributed by atoms with Crippen LogP contribution in [0.5, 0.6) is 0 Å². The Morgan fingerprint density at radius 3 is 2.65 bits per heavy atom. The molecule has 1 aliphatic heterocycles. The average molecular weight is 389 g/mol. The van der Waals surface area contributed by atoms with Crippen molar-refractivity contribution in [2.45, 2.75) is 36.0 Å². The molecule has 0 saturated carbocycles. The molecule has 26 heavy (non-hydrogen) atoms. The molecule has 3 rings (SSSR count). The van der Waals surface area contributed by atoms with Gasteiger partial charge in [0.05, 0.1) is 5.00 Å². The van der Waals surface area contributed by atoms with E-state index in [9.17, 15) is 0 Å². The van der Waals surface area contributed by atoms with Crippen LogP contribution in [0.1, 0.15) is 19.8 Å². The van der Waals surface area contributed by atoms with Crippen LogP contribution in [0, 0.1) is 0 Å². The number of benzene rings is 1. The predicted octanol–water partition coefficient (Wildman–Crippen LogP) is 4.06. The Hall–Kier alpha value is -1.66. The van der Waals surface area contributed by atoms with E-state index in [1.165, 1.54) is 9.90 Å². The summed E-state index contributed by atoms with van der Waals surface area (Å²) < 4.78 is 0. The monoisotopic (exact) mass is 388 g/mol. The molecule has 1 aliphatic rings. The summed E-state index contributed by atoms with van der Waals surface area (Å²) in [4.78, 5) is 8.20. The smallest absolute Gasteiger partial charge is 0.191 e. The molecule has 2 heterocycles. The van der Waals surface area contributed by atoms with E-state index in [1.54, 1.807) is 0 Å². The fourth-order valence-electron chi connectivity index (χ4n) is 3.10. The number of nitrogens with zero attached hydrogens (tertiary/aromatic N) is 2. The van der Waals surface area contributed by atoms with Crippen molar-refractivity contribution in [1.82, 2.24) is 10.6 Å². The lowest BCUT2D eigenvalue weighted by atomic mass is 10.1. The van der Waals surface area contributed by atoms with Gasteiger partial charge in [0, 0.05) is 42.9 Å². The minimum atomic E-state index is 0.483. The average Bonchev–Trinajstić information content (AvgIpc) is 3.21. The van der Waals surface area contributed by atoms with Crippen LogP contribution >= 0.6 is 23.1 Å². The minimum absolute atomic E-state index is 0.483. The molecule has 0 aliphatic carbocycles. The molecule has 2 N–H and O–H groups in total. The van der Waals surface area contributed by atoms with E-state index in [4.69, 9.17) is 0 Å². The minimum Gasteiger partial charge on any atom is -0.363 e. The number of thiophene rings is 1. The summed E-state index contributed by atoms with van der Waals surface area (Å²) in [5, 5.41) is 11.1. The van der Waals surface area contributed by atoms with Crippen LogP contribution in [0.4, 0.5) is 5.00 Å². The molecule has 0 amide bonds. The molecular weight excluding hydrogens is 360 g/mol. The fourth-order valence-corrected chi connectivity index (χ4v) is 4.83. The molecule has 1 aromatic carbocycles. The Labute approximate surface area is 165 Å². The van der Waals surface area contributed by atoms with Crippen molar-refractivity contribution in [3.63, 3.8) is 0 Å². The summed E-state index contributed by atoms with van der Waals surface area (Å²) in [5.74, 6) is 0.917. The molecule has 0 radical (unpaired) electrons. The summed E-state index contributed by atoms with van der Waals surface area (Å²) in [6.07, 6.45) is 2.29. The molecule has 2 aromatic rings. The van der Waals surface area contributed by atoms with Crippen LogP contribution in [0.3, 0.4) is 0 Å². The number of hydrogen-bond donors (Lipinski definition) is 2. The molecule has 0 spiro atoms. The Kier molecular flexibility index (Phi) is 7.26. The van der Waals surface area contributed by atoms with Crippen LogP contribution in [-0.4, -0.2) is 43.9 Å². The first-order valence-electron chi connectivity index (χ1n) is 9.22. The molecule has 1 unspecified atom stereocenters. The molecule has 1 atom stereocenters. The van der Waals surface area contributed by atoms with Gasteiger partial charge < -0.3 is 15.5 Å². The third-order valence-electron chi connectivity index (χ3n) is 4.51. The summed E-state index contributed by atoms with van der Waals surface area (Å²) in [6.45, 7) is 5.36. The Morgan fingerprint density at radius 1 is 1.23 bits per heavy atom. The lowest BCUT2D eigenvalue weighted by molar-refractivity contribution is 0.463. The standard InChI is InChI=1S/C20H28N4S2/c1-16(26-18-7-4-3-5-8-18)15-22-20(21-2)23-17-10-12-24(13-11-17)19-9-6-14-25-19/h3-9,14,16-17H,10-13,15H2,1-2H3,(H2,21,22,23). The molecule has 1 aromatic heterocycles. The Balaban J connectivity index is 1.39. The highest BCUT2D eigenvalue weighted by Crippen LogP contribution is 2.25. The van der Waals surface area contributed by atoms with Gasteiger partial charge in [0.25, 0.3) is 0 Å². The fraction of sp³-hybridized carbons (Fsp3) is 0.450. The second kappa shape index (κ2) is 9.88. The number of thioether (sulfide) groups is 1. The van der Waals surface area contributed by atoms with E-state index in [1.807, 2.05) is 30.1 Å². The maximum atomic E-state index is 4.40. The van der Waals surface area contributed by atoms with Crippen molar-refractivity contribution in [1.29, 1.82) is 0 Å². The molecule has 6 heteroatoms. The number of piperidine rings is 1. The highest BCUT2D eigenvalue weighted by atomic mass is 32.2. The SMILES string of the molecule is CN=C(NCC(C)Sc1ccccc1)NC1CCN(c2cccs2)CC1. The van der Waals surface area contributed by atoms with Crippen LogP contribution in [-0.2, 0) is 0 Å². The van der Waals surface area contributed by atoms with Crippen molar-refractivity contribution in [3.8, 4) is 0 Å². The summed E-state index contributed by atoms with van der Waals surface area (Å²) in [6, 6.07) is 15.4. The zero-order chi connectivity index (χ0) is 18.2. The van der Waals surface area contributed by atoms with Gasteiger partial charge in [-0.3, -0.25) is 4.99 Å². The Morgan fingerprint density at radius 2 is 2.00 bits per heavy atom. The highest BCUT2D eigenvalue weighted by molar-refractivity contribution is 8.00. The normalized spacial score (nSPS) is 17.2. The van der Waals surface area contributed by atoms with Gasteiger partial charge >= 0.3 is 0 Å². The predicted molar refractivity (Wildman–Crippen MR) is 116 cm³/mol. The molecule has 1 saturated heterocycles. The maximum absolute atomic E-state index is 4.40. The third kappa shape index (κ3) is 5.68. The van der Waals surface area contributed by atoms with E-state index in [0.717, 1.165) is 38.4 Å². The lowest BCUT2D eigenvalue weighted by Gasteiger charge is -2.33. The largest absolute Gasteiger partial charge is 0.363 e. The van der Waals surface area contributed by atoms with Gasteiger partial charge in [-0.25, -0.2) is 0 Å². The Bertz CT molecular complexity index is 664.